The third-order valence-electron chi connectivity index (χ3n) is 2.97. The minimum absolute atomic E-state index is 0.196. The van der Waals surface area contributed by atoms with Gasteiger partial charge < -0.3 is 0 Å². The van der Waals surface area contributed by atoms with Crippen molar-refractivity contribution >= 4 is 27.8 Å². The highest BCUT2D eigenvalue weighted by Gasteiger charge is 2.12. The molecule has 0 aliphatic rings. The second-order valence-corrected chi connectivity index (χ2v) is 6.52. The molecule has 0 aliphatic carbocycles. The van der Waals surface area contributed by atoms with Gasteiger partial charge in [-0.1, -0.05) is 61.0 Å². The number of rotatable bonds is 2. The van der Waals surface area contributed by atoms with Crippen molar-refractivity contribution in [3.05, 3.63) is 64.1 Å². The molecule has 0 amide bonds. The molecule has 0 aliphatic heterocycles. The molecule has 0 spiro atoms. The van der Waals surface area contributed by atoms with Crippen LogP contribution in [0.3, 0.4) is 0 Å². The lowest BCUT2D eigenvalue weighted by molar-refractivity contribution is 0.590. The van der Waals surface area contributed by atoms with E-state index in [0.29, 0.717) is 0 Å². The van der Waals surface area contributed by atoms with E-state index in [-0.39, 0.29) is 5.41 Å². The summed E-state index contributed by atoms with van der Waals surface area (Å²) in [6.07, 6.45) is 1.90. The van der Waals surface area contributed by atoms with Gasteiger partial charge in [-0.25, -0.2) is 0 Å². The standard InChI is InChI=1S/C17H18BrN/c1-17(2,3)14-6-4-13(5-7-14)12-19-16-10-8-15(18)9-11-16/h4-12H,1-3H3. The maximum atomic E-state index is 4.46. The van der Waals surface area contributed by atoms with E-state index in [1.54, 1.807) is 0 Å². The molecule has 0 fully saturated rings. The minimum atomic E-state index is 0.196. The molecular weight excluding hydrogens is 298 g/mol. The first-order valence-corrected chi connectivity index (χ1v) is 7.15. The molecule has 0 atom stereocenters. The van der Waals surface area contributed by atoms with Crippen molar-refractivity contribution in [1.29, 1.82) is 0 Å². The number of nitrogens with zero attached hydrogens (tertiary/aromatic N) is 1. The lowest BCUT2D eigenvalue weighted by Crippen LogP contribution is -2.10. The summed E-state index contributed by atoms with van der Waals surface area (Å²) in [5, 5.41) is 0. The topological polar surface area (TPSA) is 12.4 Å². The first-order valence-electron chi connectivity index (χ1n) is 6.35. The Bertz CT molecular complexity index is 560. The van der Waals surface area contributed by atoms with Crippen molar-refractivity contribution in [2.45, 2.75) is 26.2 Å². The zero-order valence-corrected chi connectivity index (χ0v) is 13.1. The average molecular weight is 316 g/mol. The average Bonchev–Trinajstić information content (AvgIpc) is 2.37. The van der Waals surface area contributed by atoms with Crippen molar-refractivity contribution in [3.8, 4) is 0 Å². The number of benzene rings is 2. The first-order chi connectivity index (χ1) is 8.95. The lowest BCUT2D eigenvalue weighted by atomic mass is 9.87. The van der Waals surface area contributed by atoms with E-state index in [2.05, 4.69) is 66.0 Å². The zero-order valence-electron chi connectivity index (χ0n) is 11.5. The van der Waals surface area contributed by atoms with E-state index in [0.717, 1.165) is 15.7 Å². The molecule has 0 saturated carbocycles. The Morgan fingerprint density at radius 2 is 1.47 bits per heavy atom. The second kappa shape index (κ2) is 5.70. The van der Waals surface area contributed by atoms with Crippen LogP contribution in [0.5, 0.6) is 0 Å². The van der Waals surface area contributed by atoms with Gasteiger partial charge in [0.1, 0.15) is 0 Å². The van der Waals surface area contributed by atoms with Crippen LogP contribution >= 0.6 is 15.9 Å². The van der Waals surface area contributed by atoms with Gasteiger partial charge in [0.05, 0.1) is 5.69 Å². The van der Waals surface area contributed by atoms with Gasteiger partial charge in [-0.05, 0) is 40.8 Å². The Kier molecular flexibility index (Phi) is 4.20. The summed E-state index contributed by atoms with van der Waals surface area (Å²) in [7, 11) is 0. The molecule has 0 radical (unpaired) electrons. The molecule has 98 valence electrons. The van der Waals surface area contributed by atoms with E-state index in [1.165, 1.54) is 5.56 Å². The van der Waals surface area contributed by atoms with E-state index in [4.69, 9.17) is 0 Å². The number of halogens is 1. The number of hydrogen-bond donors (Lipinski definition) is 0. The molecule has 0 heterocycles. The summed E-state index contributed by atoms with van der Waals surface area (Å²) in [5.74, 6) is 0. The van der Waals surface area contributed by atoms with Crippen LogP contribution < -0.4 is 0 Å². The molecule has 19 heavy (non-hydrogen) atoms. The van der Waals surface area contributed by atoms with E-state index >= 15 is 0 Å². The van der Waals surface area contributed by atoms with Gasteiger partial charge in [0, 0.05) is 10.7 Å². The van der Waals surface area contributed by atoms with Crippen LogP contribution in [0.25, 0.3) is 0 Å². The molecule has 0 N–H and O–H groups in total. The Labute approximate surface area is 123 Å². The van der Waals surface area contributed by atoms with Gasteiger partial charge in [-0.3, -0.25) is 4.99 Å². The van der Waals surface area contributed by atoms with Crippen molar-refractivity contribution in [2.75, 3.05) is 0 Å². The summed E-state index contributed by atoms with van der Waals surface area (Å²) >= 11 is 3.42. The normalized spacial score (nSPS) is 12.0. The van der Waals surface area contributed by atoms with Crippen LogP contribution in [0, 0.1) is 0 Å². The van der Waals surface area contributed by atoms with Crippen molar-refractivity contribution < 1.29 is 0 Å². The van der Waals surface area contributed by atoms with Gasteiger partial charge in [0.2, 0.25) is 0 Å². The van der Waals surface area contributed by atoms with E-state index < -0.39 is 0 Å². The largest absolute Gasteiger partial charge is 0.256 e. The quantitative estimate of drug-likeness (QED) is 0.649. The predicted octanol–water partition coefficient (Wildman–Crippen LogP) is 5.50. The molecule has 0 aromatic heterocycles. The highest BCUT2D eigenvalue weighted by atomic mass is 79.9. The molecule has 2 heteroatoms. The Hall–Kier alpha value is -1.41. The van der Waals surface area contributed by atoms with Crippen LogP contribution in [0.2, 0.25) is 0 Å². The number of hydrogen-bond acceptors (Lipinski definition) is 1. The first kappa shape index (κ1) is 14.0. The Morgan fingerprint density at radius 3 is 2.00 bits per heavy atom. The highest BCUT2D eigenvalue weighted by Crippen LogP contribution is 2.22. The van der Waals surface area contributed by atoms with E-state index in [1.807, 2.05) is 30.5 Å². The second-order valence-electron chi connectivity index (χ2n) is 5.61. The summed E-state index contributed by atoms with van der Waals surface area (Å²) in [6, 6.07) is 16.5. The SMILES string of the molecule is CC(C)(C)c1ccc(C=Nc2ccc(Br)cc2)cc1. The van der Waals surface area contributed by atoms with Gasteiger partial charge in [-0.2, -0.15) is 0 Å². The molecule has 2 aromatic carbocycles. The van der Waals surface area contributed by atoms with Crippen LogP contribution in [0.15, 0.2) is 58.0 Å². The Morgan fingerprint density at radius 1 is 0.895 bits per heavy atom. The van der Waals surface area contributed by atoms with Gasteiger partial charge in [-0.15, -0.1) is 0 Å². The fraction of sp³-hybridized carbons (Fsp3) is 0.235. The predicted molar refractivity (Wildman–Crippen MR) is 86.5 cm³/mol. The van der Waals surface area contributed by atoms with Gasteiger partial charge >= 0.3 is 0 Å². The van der Waals surface area contributed by atoms with Crippen LogP contribution in [-0.4, -0.2) is 6.21 Å². The molecule has 0 bridgehead atoms. The third-order valence-corrected chi connectivity index (χ3v) is 3.49. The fourth-order valence-electron chi connectivity index (χ4n) is 1.75. The molecule has 2 rings (SSSR count). The van der Waals surface area contributed by atoms with Crippen molar-refractivity contribution in [3.63, 3.8) is 0 Å². The number of aliphatic imine (C=N–C) groups is 1. The zero-order chi connectivity index (χ0) is 13.9. The molecule has 0 saturated heterocycles. The van der Waals surface area contributed by atoms with E-state index in [9.17, 15) is 0 Å². The monoisotopic (exact) mass is 315 g/mol. The minimum Gasteiger partial charge on any atom is -0.256 e. The lowest BCUT2D eigenvalue weighted by Gasteiger charge is -2.18. The van der Waals surface area contributed by atoms with Gasteiger partial charge in [0.25, 0.3) is 0 Å². The molecule has 0 unspecified atom stereocenters. The molecule has 2 aromatic rings. The highest BCUT2D eigenvalue weighted by molar-refractivity contribution is 9.10. The summed E-state index contributed by atoms with van der Waals surface area (Å²) in [6.45, 7) is 6.66. The van der Waals surface area contributed by atoms with Gasteiger partial charge in [0.15, 0.2) is 0 Å². The van der Waals surface area contributed by atoms with Crippen molar-refractivity contribution in [1.82, 2.24) is 0 Å². The third kappa shape index (κ3) is 4.03. The maximum absolute atomic E-state index is 4.46. The summed E-state index contributed by atoms with van der Waals surface area (Å²) < 4.78 is 1.07. The smallest absolute Gasteiger partial charge is 0.0630 e. The molecule has 1 nitrogen and oxygen atoms in total. The van der Waals surface area contributed by atoms with Crippen LogP contribution in [0.1, 0.15) is 31.9 Å². The summed E-state index contributed by atoms with van der Waals surface area (Å²) in [5.41, 5.74) is 3.62. The van der Waals surface area contributed by atoms with Crippen molar-refractivity contribution in [2.24, 2.45) is 4.99 Å². The maximum Gasteiger partial charge on any atom is 0.0630 e. The molecular formula is C17H18BrN. The van der Waals surface area contributed by atoms with Crippen LogP contribution in [0.4, 0.5) is 5.69 Å². The fourth-order valence-corrected chi connectivity index (χ4v) is 2.01. The Balaban J connectivity index is 2.13. The summed E-state index contributed by atoms with van der Waals surface area (Å²) in [4.78, 5) is 4.46. The van der Waals surface area contributed by atoms with Crippen LogP contribution in [-0.2, 0) is 5.41 Å².